The molecular weight excluding hydrogens is 278 g/mol. The van der Waals surface area contributed by atoms with Crippen LogP contribution in [0.25, 0.3) is 0 Å². The minimum absolute atomic E-state index is 0.164. The Morgan fingerprint density at radius 2 is 2.00 bits per heavy atom. The minimum atomic E-state index is -1.11. The smallest absolute Gasteiger partial charge is 0.404 e. The molecule has 1 aromatic heterocycles. The third kappa shape index (κ3) is 4.26. The first kappa shape index (κ1) is 12.4. The quantitative estimate of drug-likeness (QED) is 0.716. The van der Waals surface area contributed by atoms with Gasteiger partial charge in [-0.2, -0.15) is 0 Å². The molecule has 0 unspecified atom stereocenters. The van der Waals surface area contributed by atoms with Gasteiger partial charge in [0, 0.05) is 23.8 Å². The lowest BCUT2D eigenvalue weighted by atomic mass is 10.3. The van der Waals surface area contributed by atoms with E-state index in [2.05, 4.69) is 31.5 Å². The summed E-state index contributed by atoms with van der Waals surface area (Å²) in [6.07, 6.45) is 0.403. The normalized spacial score (nSPS) is 9.56. The van der Waals surface area contributed by atoms with E-state index in [1.54, 1.807) is 12.1 Å². The largest absolute Gasteiger partial charge is 0.465 e. The van der Waals surface area contributed by atoms with Gasteiger partial charge in [-0.1, -0.05) is 0 Å². The first-order valence-electron chi connectivity index (χ1n) is 4.46. The van der Waals surface area contributed by atoms with E-state index in [0.29, 0.717) is 5.69 Å². The number of amides is 2. The monoisotopic (exact) mass is 287 g/mol. The molecule has 0 radical (unpaired) electrons. The Bertz CT molecular complexity index is 380. The Balaban J connectivity index is 2.35. The van der Waals surface area contributed by atoms with Gasteiger partial charge in [0.1, 0.15) is 5.69 Å². The number of nitrogens with zero attached hydrogens (tertiary/aromatic N) is 1. The first-order valence-corrected chi connectivity index (χ1v) is 5.25. The standard InChI is InChI=1S/C9H10BrN3O3/c10-6-1-2-7(13-5-6)8(14)11-3-4-12-9(15)16/h1-2,5,12H,3-4H2,(H,11,14)(H,15,16). The summed E-state index contributed by atoms with van der Waals surface area (Å²) in [6, 6.07) is 3.28. The number of hydrogen-bond donors (Lipinski definition) is 3. The predicted molar refractivity (Wildman–Crippen MR) is 60.3 cm³/mol. The zero-order chi connectivity index (χ0) is 12.0. The van der Waals surface area contributed by atoms with Gasteiger partial charge in [-0.3, -0.25) is 4.79 Å². The van der Waals surface area contributed by atoms with Crippen molar-refractivity contribution in [1.82, 2.24) is 15.6 Å². The molecule has 1 heterocycles. The molecule has 1 aromatic rings. The van der Waals surface area contributed by atoms with E-state index in [0.717, 1.165) is 4.47 Å². The van der Waals surface area contributed by atoms with E-state index < -0.39 is 6.09 Å². The highest BCUT2D eigenvalue weighted by atomic mass is 79.9. The highest BCUT2D eigenvalue weighted by Gasteiger charge is 2.05. The van der Waals surface area contributed by atoms with E-state index >= 15 is 0 Å². The molecule has 0 aliphatic rings. The fourth-order valence-corrected chi connectivity index (χ4v) is 1.18. The van der Waals surface area contributed by atoms with E-state index in [4.69, 9.17) is 5.11 Å². The van der Waals surface area contributed by atoms with Crippen LogP contribution in [0.1, 0.15) is 10.5 Å². The molecular formula is C9H10BrN3O3. The van der Waals surface area contributed by atoms with Crippen LogP contribution in [0.5, 0.6) is 0 Å². The van der Waals surface area contributed by atoms with Crippen LogP contribution >= 0.6 is 15.9 Å². The molecule has 0 atom stereocenters. The molecule has 3 N–H and O–H groups in total. The molecule has 7 heteroatoms. The molecule has 86 valence electrons. The zero-order valence-electron chi connectivity index (χ0n) is 8.24. The van der Waals surface area contributed by atoms with Gasteiger partial charge >= 0.3 is 6.09 Å². The Morgan fingerprint density at radius 3 is 2.56 bits per heavy atom. The van der Waals surface area contributed by atoms with E-state index in [1.165, 1.54) is 6.20 Å². The van der Waals surface area contributed by atoms with Crippen LogP contribution in [0.4, 0.5) is 4.79 Å². The van der Waals surface area contributed by atoms with Crippen molar-refractivity contribution in [2.45, 2.75) is 0 Å². The Morgan fingerprint density at radius 1 is 1.31 bits per heavy atom. The minimum Gasteiger partial charge on any atom is -0.465 e. The predicted octanol–water partition coefficient (Wildman–Crippen LogP) is 0.841. The summed E-state index contributed by atoms with van der Waals surface area (Å²) in [4.78, 5) is 25.4. The highest BCUT2D eigenvalue weighted by Crippen LogP contribution is 2.06. The number of pyridine rings is 1. The van der Waals surface area contributed by atoms with Gasteiger partial charge in [0.25, 0.3) is 5.91 Å². The fraction of sp³-hybridized carbons (Fsp3) is 0.222. The van der Waals surface area contributed by atoms with Gasteiger partial charge in [0.2, 0.25) is 0 Å². The number of nitrogens with one attached hydrogen (secondary N) is 2. The number of carbonyl (C=O) groups is 2. The molecule has 16 heavy (non-hydrogen) atoms. The molecule has 0 bridgehead atoms. The molecule has 1 rings (SSSR count). The van der Waals surface area contributed by atoms with E-state index in [9.17, 15) is 9.59 Å². The van der Waals surface area contributed by atoms with Gasteiger partial charge in [-0.05, 0) is 28.1 Å². The second-order valence-electron chi connectivity index (χ2n) is 2.85. The van der Waals surface area contributed by atoms with E-state index in [1.807, 2.05) is 0 Å². The number of carbonyl (C=O) groups excluding carboxylic acids is 1. The summed E-state index contributed by atoms with van der Waals surface area (Å²) in [5.41, 5.74) is 0.290. The molecule has 0 saturated carbocycles. The van der Waals surface area contributed by atoms with Crippen molar-refractivity contribution >= 4 is 27.9 Å². The van der Waals surface area contributed by atoms with Crippen LogP contribution in [0, 0.1) is 0 Å². The maximum Gasteiger partial charge on any atom is 0.404 e. The van der Waals surface area contributed by atoms with Crippen LogP contribution in [0.15, 0.2) is 22.8 Å². The summed E-state index contributed by atoms with van der Waals surface area (Å²) in [5.74, 6) is -0.334. The number of aromatic nitrogens is 1. The molecule has 0 saturated heterocycles. The van der Waals surface area contributed by atoms with Crippen molar-refractivity contribution in [1.29, 1.82) is 0 Å². The number of hydrogen-bond acceptors (Lipinski definition) is 3. The summed E-state index contributed by atoms with van der Waals surface area (Å²) in [6.45, 7) is 0.389. The van der Waals surface area contributed by atoms with Crippen molar-refractivity contribution < 1.29 is 14.7 Å². The number of halogens is 1. The average molecular weight is 288 g/mol. The molecule has 2 amide bonds. The summed E-state index contributed by atoms with van der Waals surface area (Å²) < 4.78 is 0.789. The summed E-state index contributed by atoms with van der Waals surface area (Å²) >= 11 is 3.20. The van der Waals surface area contributed by atoms with Crippen molar-refractivity contribution in [3.63, 3.8) is 0 Å². The summed E-state index contributed by atoms with van der Waals surface area (Å²) in [5, 5.41) is 13.0. The second-order valence-corrected chi connectivity index (χ2v) is 3.77. The number of carboxylic acid groups (broad SMARTS) is 1. The maximum atomic E-state index is 11.4. The van der Waals surface area contributed by atoms with Crippen LogP contribution in [0.3, 0.4) is 0 Å². The Labute approximate surface area is 100 Å². The lowest BCUT2D eigenvalue weighted by Crippen LogP contribution is -2.34. The average Bonchev–Trinajstić information content (AvgIpc) is 2.25. The molecule has 0 aromatic carbocycles. The second kappa shape index (κ2) is 6.06. The third-order valence-corrected chi connectivity index (χ3v) is 2.12. The Kier molecular flexibility index (Phi) is 4.71. The number of rotatable bonds is 4. The van der Waals surface area contributed by atoms with Crippen LogP contribution in [0.2, 0.25) is 0 Å². The molecule has 0 fully saturated rings. The van der Waals surface area contributed by atoms with Crippen molar-refractivity contribution in [3.05, 3.63) is 28.5 Å². The van der Waals surface area contributed by atoms with Crippen molar-refractivity contribution in [2.75, 3.05) is 13.1 Å². The lowest BCUT2D eigenvalue weighted by molar-refractivity contribution is 0.0948. The van der Waals surface area contributed by atoms with Gasteiger partial charge in [-0.15, -0.1) is 0 Å². The molecule has 0 aliphatic heterocycles. The summed E-state index contributed by atoms with van der Waals surface area (Å²) in [7, 11) is 0. The van der Waals surface area contributed by atoms with Crippen molar-refractivity contribution in [2.24, 2.45) is 0 Å². The third-order valence-electron chi connectivity index (χ3n) is 1.65. The Hall–Kier alpha value is -1.63. The zero-order valence-corrected chi connectivity index (χ0v) is 9.82. The fourth-order valence-electron chi connectivity index (χ4n) is 0.946. The van der Waals surface area contributed by atoms with Gasteiger partial charge in [-0.25, -0.2) is 9.78 Å². The first-order chi connectivity index (χ1) is 7.59. The van der Waals surface area contributed by atoms with Gasteiger partial charge < -0.3 is 15.7 Å². The molecule has 0 aliphatic carbocycles. The maximum absolute atomic E-state index is 11.4. The lowest BCUT2D eigenvalue weighted by Gasteiger charge is -2.04. The van der Waals surface area contributed by atoms with Crippen LogP contribution < -0.4 is 10.6 Å². The van der Waals surface area contributed by atoms with Gasteiger partial charge in [0.15, 0.2) is 0 Å². The topological polar surface area (TPSA) is 91.3 Å². The van der Waals surface area contributed by atoms with Crippen LogP contribution in [-0.4, -0.2) is 35.2 Å². The molecule has 6 nitrogen and oxygen atoms in total. The van der Waals surface area contributed by atoms with Crippen molar-refractivity contribution in [3.8, 4) is 0 Å². The SMILES string of the molecule is O=C(O)NCCNC(=O)c1ccc(Br)cn1. The van der Waals surface area contributed by atoms with Gasteiger partial charge in [0.05, 0.1) is 0 Å². The van der Waals surface area contributed by atoms with Crippen LogP contribution in [-0.2, 0) is 0 Å². The highest BCUT2D eigenvalue weighted by molar-refractivity contribution is 9.10. The molecule has 0 spiro atoms. The van der Waals surface area contributed by atoms with E-state index in [-0.39, 0.29) is 19.0 Å².